The first-order valence-electron chi connectivity index (χ1n) is 9.97. The molecule has 0 saturated carbocycles. The zero-order chi connectivity index (χ0) is 20.4. The molecule has 6 heteroatoms. The van der Waals surface area contributed by atoms with Gasteiger partial charge in [-0.1, -0.05) is 24.3 Å². The van der Waals surface area contributed by atoms with Crippen LogP contribution in [-0.4, -0.2) is 30.5 Å². The molecule has 0 aliphatic carbocycles. The lowest BCUT2D eigenvalue weighted by molar-refractivity contribution is 0.0946. The number of hydrogen-bond donors (Lipinski definition) is 3. The third-order valence-electron chi connectivity index (χ3n) is 5.67. The summed E-state index contributed by atoms with van der Waals surface area (Å²) < 4.78 is 14.4. The van der Waals surface area contributed by atoms with Gasteiger partial charge in [0.1, 0.15) is 11.6 Å². The summed E-state index contributed by atoms with van der Waals surface area (Å²) >= 11 is 0. The van der Waals surface area contributed by atoms with Gasteiger partial charge in [0.15, 0.2) is 0 Å². The maximum absolute atomic E-state index is 14.4. The average Bonchev–Trinajstić information content (AvgIpc) is 2.72. The van der Waals surface area contributed by atoms with Crippen molar-refractivity contribution < 1.29 is 9.18 Å². The molecule has 0 atom stereocenters. The van der Waals surface area contributed by atoms with Gasteiger partial charge in [-0.2, -0.15) is 0 Å². The molecule has 4 N–H and O–H groups in total. The van der Waals surface area contributed by atoms with Crippen LogP contribution in [0.15, 0.2) is 42.6 Å². The van der Waals surface area contributed by atoms with Gasteiger partial charge >= 0.3 is 0 Å². The van der Waals surface area contributed by atoms with Gasteiger partial charge in [-0.15, -0.1) is 0 Å². The van der Waals surface area contributed by atoms with Crippen LogP contribution in [0.2, 0.25) is 0 Å². The Morgan fingerprint density at radius 1 is 1.28 bits per heavy atom. The van der Waals surface area contributed by atoms with Gasteiger partial charge in [0.2, 0.25) is 0 Å². The molecule has 29 heavy (non-hydrogen) atoms. The zero-order valence-corrected chi connectivity index (χ0v) is 16.5. The van der Waals surface area contributed by atoms with E-state index in [2.05, 4.69) is 15.6 Å². The van der Waals surface area contributed by atoms with Crippen LogP contribution in [0.3, 0.4) is 0 Å². The van der Waals surface area contributed by atoms with E-state index in [1.807, 2.05) is 31.2 Å². The Kier molecular flexibility index (Phi) is 5.45. The molecule has 150 valence electrons. The molecular formula is C23H25FN4O. The lowest BCUT2D eigenvalue weighted by Gasteiger charge is -2.23. The smallest absolute Gasteiger partial charge is 0.255 e. The van der Waals surface area contributed by atoms with Gasteiger partial charge in [0, 0.05) is 23.7 Å². The van der Waals surface area contributed by atoms with Gasteiger partial charge < -0.3 is 16.4 Å². The number of anilines is 1. The minimum atomic E-state index is -0.271. The third kappa shape index (κ3) is 3.93. The lowest BCUT2D eigenvalue weighted by Crippen LogP contribution is -2.36. The van der Waals surface area contributed by atoms with Crippen molar-refractivity contribution in [2.45, 2.75) is 19.8 Å². The summed E-state index contributed by atoms with van der Waals surface area (Å²) in [4.78, 5) is 17.1. The number of hydrogen-bond acceptors (Lipinski definition) is 4. The fraction of sp³-hybridized carbons (Fsp3) is 0.304. The van der Waals surface area contributed by atoms with Gasteiger partial charge in [0.25, 0.3) is 5.91 Å². The summed E-state index contributed by atoms with van der Waals surface area (Å²) in [5, 5.41) is 7.82. The van der Waals surface area contributed by atoms with Crippen LogP contribution in [0.25, 0.3) is 21.9 Å². The predicted octanol–water partition coefficient (Wildman–Crippen LogP) is 3.66. The third-order valence-corrected chi connectivity index (χ3v) is 5.67. The number of nitrogens with zero attached hydrogens (tertiary/aromatic N) is 1. The molecule has 1 aromatic heterocycles. The minimum Gasteiger partial charge on any atom is -0.383 e. The largest absolute Gasteiger partial charge is 0.383 e. The van der Waals surface area contributed by atoms with Crippen LogP contribution in [-0.2, 0) is 0 Å². The summed E-state index contributed by atoms with van der Waals surface area (Å²) in [6.45, 7) is 4.47. The highest BCUT2D eigenvalue weighted by Crippen LogP contribution is 2.31. The van der Waals surface area contributed by atoms with Crippen molar-refractivity contribution in [2.75, 3.05) is 25.4 Å². The number of nitrogens with two attached hydrogens (primary N) is 1. The average molecular weight is 392 g/mol. The number of benzene rings is 2. The van der Waals surface area contributed by atoms with Crippen LogP contribution < -0.4 is 16.4 Å². The van der Waals surface area contributed by atoms with E-state index >= 15 is 0 Å². The van der Waals surface area contributed by atoms with E-state index < -0.39 is 0 Å². The van der Waals surface area contributed by atoms with E-state index in [4.69, 9.17) is 5.73 Å². The van der Waals surface area contributed by atoms with E-state index in [1.54, 1.807) is 12.3 Å². The maximum Gasteiger partial charge on any atom is 0.255 e. The van der Waals surface area contributed by atoms with E-state index in [-0.39, 0.29) is 17.5 Å². The summed E-state index contributed by atoms with van der Waals surface area (Å²) in [5.74, 6) is 0.191. The summed E-state index contributed by atoms with van der Waals surface area (Å²) in [6, 6.07) is 10.5. The Hall–Kier alpha value is -2.99. The summed E-state index contributed by atoms with van der Waals surface area (Å²) in [7, 11) is 0. The molecule has 1 aliphatic rings. The van der Waals surface area contributed by atoms with Crippen LogP contribution in [0.5, 0.6) is 0 Å². The normalized spacial score (nSPS) is 14.8. The maximum atomic E-state index is 14.4. The molecule has 0 spiro atoms. The number of nitrogen functional groups attached to an aromatic ring is 1. The van der Waals surface area contributed by atoms with Crippen LogP contribution in [0.1, 0.15) is 28.8 Å². The SMILES string of the molecule is Cc1cccc(F)c1-c1ccc2c(C(=O)NCC3CCNCC3)c(N)ncc2c1. The topological polar surface area (TPSA) is 80.0 Å². The fourth-order valence-electron chi connectivity index (χ4n) is 4.04. The van der Waals surface area contributed by atoms with Crippen molar-refractivity contribution >= 4 is 22.5 Å². The second kappa shape index (κ2) is 8.17. The Morgan fingerprint density at radius 2 is 2.07 bits per heavy atom. The molecule has 0 unspecified atom stereocenters. The van der Waals surface area contributed by atoms with Crippen LogP contribution >= 0.6 is 0 Å². The van der Waals surface area contributed by atoms with E-state index in [1.165, 1.54) is 6.07 Å². The van der Waals surface area contributed by atoms with E-state index in [0.29, 0.717) is 23.6 Å². The Balaban J connectivity index is 1.66. The monoisotopic (exact) mass is 392 g/mol. The summed E-state index contributed by atoms with van der Waals surface area (Å²) in [5.41, 5.74) is 8.60. The highest BCUT2D eigenvalue weighted by atomic mass is 19.1. The molecule has 5 nitrogen and oxygen atoms in total. The molecule has 1 saturated heterocycles. The van der Waals surface area contributed by atoms with Crippen molar-refractivity contribution in [1.82, 2.24) is 15.6 Å². The highest BCUT2D eigenvalue weighted by Gasteiger charge is 2.19. The number of nitrogens with one attached hydrogen (secondary N) is 2. The van der Waals surface area contributed by atoms with Crippen LogP contribution in [0.4, 0.5) is 10.2 Å². The van der Waals surface area contributed by atoms with Crippen molar-refractivity contribution in [3.63, 3.8) is 0 Å². The number of pyridine rings is 1. The number of aromatic nitrogens is 1. The molecule has 0 bridgehead atoms. The van der Waals surface area contributed by atoms with Crippen LogP contribution in [0, 0.1) is 18.7 Å². The fourth-order valence-corrected chi connectivity index (χ4v) is 4.04. The number of fused-ring (bicyclic) bond motifs is 1. The standard InChI is InChI=1S/C23H25FN4O/c1-14-3-2-4-19(24)20(14)16-5-6-18-17(11-16)13-27-22(25)21(18)23(29)28-12-15-7-9-26-10-8-15/h2-6,11,13,15,26H,7-10,12H2,1H3,(H2,25,27)(H,28,29). The molecule has 1 aliphatic heterocycles. The number of aryl methyl sites for hydroxylation is 1. The number of carbonyl (C=O) groups is 1. The molecule has 1 amide bonds. The molecule has 4 rings (SSSR count). The van der Waals surface area contributed by atoms with Gasteiger partial charge in [-0.05, 0) is 67.4 Å². The van der Waals surface area contributed by atoms with E-state index in [0.717, 1.165) is 47.8 Å². The van der Waals surface area contributed by atoms with Gasteiger partial charge in [-0.3, -0.25) is 4.79 Å². The lowest BCUT2D eigenvalue weighted by atomic mass is 9.96. The van der Waals surface area contributed by atoms with Crippen molar-refractivity contribution in [3.8, 4) is 11.1 Å². The first-order chi connectivity index (χ1) is 14.0. The van der Waals surface area contributed by atoms with E-state index in [9.17, 15) is 9.18 Å². The van der Waals surface area contributed by atoms with Crippen molar-refractivity contribution in [3.05, 3.63) is 59.5 Å². The Bertz CT molecular complexity index is 1040. The van der Waals surface area contributed by atoms with Gasteiger partial charge in [0.05, 0.1) is 5.56 Å². The number of piperidine rings is 1. The van der Waals surface area contributed by atoms with Crippen molar-refractivity contribution in [2.24, 2.45) is 5.92 Å². The molecular weight excluding hydrogens is 367 g/mol. The second-order valence-corrected chi connectivity index (χ2v) is 7.66. The molecule has 0 radical (unpaired) electrons. The first kappa shape index (κ1) is 19.3. The minimum absolute atomic E-state index is 0.204. The first-order valence-corrected chi connectivity index (χ1v) is 9.97. The number of amides is 1. The zero-order valence-electron chi connectivity index (χ0n) is 16.5. The quantitative estimate of drug-likeness (QED) is 0.633. The highest BCUT2D eigenvalue weighted by molar-refractivity contribution is 6.11. The number of rotatable bonds is 4. The Morgan fingerprint density at radius 3 is 2.83 bits per heavy atom. The second-order valence-electron chi connectivity index (χ2n) is 7.66. The molecule has 2 heterocycles. The summed E-state index contributed by atoms with van der Waals surface area (Å²) in [6.07, 6.45) is 3.73. The number of carbonyl (C=O) groups excluding carboxylic acids is 1. The molecule has 1 fully saturated rings. The Labute approximate surface area is 169 Å². The number of halogens is 1. The molecule has 2 aromatic carbocycles. The van der Waals surface area contributed by atoms with Crippen molar-refractivity contribution in [1.29, 1.82) is 0 Å². The van der Waals surface area contributed by atoms with Gasteiger partial charge in [-0.25, -0.2) is 9.37 Å². The predicted molar refractivity (Wildman–Crippen MR) is 114 cm³/mol. The molecule has 3 aromatic rings.